The maximum Gasteiger partial charge on any atom is 0.339 e. The Balaban J connectivity index is 2.35. The Morgan fingerprint density at radius 2 is 1.30 bits per heavy atom. The number of carbonyl (C=O) groups excluding carboxylic acids is 2. The third kappa shape index (κ3) is 1.61. The molecule has 0 radical (unpaired) electrons. The van der Waals surface area contributed by atoms with E-state index in [1.807, 2.05) is 24.3 Å². The number of hydrogen-bond donors (Lipinski definition) is 0. The van der Waals surface area contributed by atoms with Crippen LogP contribution in [0.25, 0.3) is 12.2 Å². The van der Waals surface area contributed by atoms with Crippen LogP contribution in [0.5, 0.6) is 0 Å². The average molecular weight is 270 g/mol. The number of ether oxygens (including phenoxy) is 2. The number of hydrogen-bond acceptors (Lipinski definition) is 4. The smallest absolute Gasteiger partial charge is 0.339 e. The minimum atomic E-state index is -0.369. The van der Waals surface area contributed by atoms with Crippen molar-refractivity contribution >= 4 is 24.1 Å². The zero-order valence-electron chi connectivity index (χ0n) is 11.4. The lowest BCUT2D eigenvalue weighted by atomic mass is 9.88. The minimum absolute atomic E-state index is 0.346. The van der Waals surface area contributed by atoms with E-state index in [2.05, 4.69) is 0 Å². The van der Waals surface area contributed by atoms with Gasteiger partial charge in [-0.05, 0) is 35.1 Å². The summed E-state index contributed by atoms with van der Waals surface area (Å²) in [5, 5.41) is 0. The van der Waals surface area contributed by atoms with Gasteiger partial charge in [-0.1, -0.05) is 24.3 Å². The van der Waals surface area contributed by atoms with Crippen LogP contribution in [0.15, 0.2) is 12.2 Å². The van der Waals surface area contributed by atoms with Gasteiger partial charge >= 0.3 is 11.9 Å². The molecular formula is C16H14O4. The van der Waals surface area contributed by atoms with Crippen LogP contribution >= 0.6 is 0 Å². The van der Waals surface area contributed by atoms with E-state index in [9.17, 15) is 9.59 Å². The molecule has 0 bridgehead atoms. The molecule has 4 heteroatoms. The standard InChI is InChI=1S/C16H14O4/c1-19-15(17)13-9-5-3-7-11(9)14(16(18)20-2)12-8-4-6-10(12)13/h3-6H,7-8H2,1-2H3. The van der Waals surface area contributed by atoms with Crippen LogP contribution in [0.4, 0.5) is 0 Å². The van der Waals surface area contributed by atoms with Gasteiger partial charge in [0.2, 0.25) is 0 Å². The molecule has 0 atom stereocenters. The van der Waals surface area contributed by atoms with Crippen LogP contribution in [0, 0.1) is 0 Å². The molecule has 0 fully saturated rings. The van der Waals surface area contributed by atoms with Crippen molar-refractivity contribution in [3.8, 4) is 0 Å². The zero-order valence-corrected chi connectivity index (χ0v) is 11.4. The Labute approximate surface area is 116 Å². The second-order valence-electron chi connectivity index (χ2n) is 4.73. The molecule has 1 aromatic rings. The van der Waals surface area contributed by atoms with E-state index < -0.39 is 0 Å². The molecule has 102 valence electrons. The van der Waals surface area contributed by atoms with Gasteiger partial charge in [-0.15, -0.1) is 0 Å². The lowest BCUT2D eigenvalue weighted by Crippen LogP contribution is -2.15. The highest BCUT2D eigenvalue weighted by atomic mass is 16.5. The summed E-state index contributed by atoms with van der Waals surface area (Å²) in [6, 6.07) is 0. The Morgan fingerprint density at radius 3 is 1.75 bits per heavy atom. The molecule has 0 unspecified atom stereocenters. The largest absolute Gasteiger partial charge is 0.465 e. The number of allylic oxidation sites excluding steroid dienone is 2. The highest BCUT2D eigenvalue weighted by Crippen LogP contribution is 2.37. The third-order valence-electron chi connectivity index (χ3n) is 3.78. The quantitative estimate of drug-likeness (QED) is 0.774. The topological polar surface area (TPSA) is 52.6 Å². The maximum absolute atomic E-state index is 12.1. The van der Waals surface area contributed by atoms with Crippen LogP contribution in [-0.4, -0.2) is 26.2 Å². The van der Waals surface area contributed by atoms with Crippen LogP contribution in [0.1, 0.15) is 43.0 Å². The fourth-order valence-corrected chi connectivity index (χ4v) is 2.95. The van der Waals surface area contributed by atoms with Gasteiger partial charge in [0, 0.05) is 0 Å². The number of rotatable bonds is 2. The molecule has 3 rings (SSSR count). The average Bonchev–Trinajstić information content (AvgIpc) is 3.11. The van der Waals surface area contributed by atoms with Gasteiger partial charge in [0.1, 0.15) is 0 Å². The molecular weight excluding hydrogens is 256 g/mol. The van der Waals surface area contributed by atoms with Gasteiger partial charge in [-0.25, -0.2) is 9.59 Å². The van der Waals surface area contributed by atoms with Crippen molar-refractivity contribution in [3.63, 3.8) is 0 Å². The van der Waals surface area contributed by atoms with Crippen molar-refractivity contribution in [2.75, 3.05) is 14.2 Å². The molecule has 4 nitrogen and oxygen atoms in total. The Bertz CT molecular complexity index is 639. The summed E-state index contributed by atoms with van der Waals surface area (Å²) in [7, 11) is 2.74. The number of fused-ring (bicyclic) bond motifs is 2. The van der Waals surface area contributed by atoms with E-state index in [-0.39, 0.29) is 11.9 Å². The van der Waals surface area contributed by atoms with E-state index in [1.54, 1.807) is 0 Å². The highest BCUT2D eigenvalue weighted by molar-refractivity contribution is 6.05. The summed E-state index contributed by atoms with van der Waals surface area (Å²) < 4.78 is 9.79. The molecule has 0 amide bonds. The fraction of sp³-hybridized carbons (Fsp3) is 0.250. The van der Waals surface area contributed by atoms with E-state index >= 15 is 0 Å². The lowest BCUT2D eigenvalue weighted by molar-refractivity contribution is 0.0584. The van der Waals surface area contributed by atoms with Gasteiger partial charge in [0.15, 0.2) is 0 Å². The normalized spacial score (nSPS) is 14.1. The predicted octanol–water partition coefficient (Wildman–Crippen LogP) is 2.40. The Morgan fingerprint density at radius 1 is 0.850 bits per heavy atom. The minimum Gasteiger partial charge on any atom is -0.465 e. The van der Waals surface area contributed by atoms with Gasteiger partial charge in [-0.3, -0.25) is 0 Å². The predicted molar refractivity (Wildman–Crippen MR) is 74.6 cm³/mol. The summed E-state index contributed by atoms with van der Waals surface area (Å²) in [6.07, 6.45) is 8.92. The van der Waals surface area contributed by atoms with Gasteiger partial charge in [0.05, 0.1) is 25.3 Å². The lowest BCUT2D eigenvalue weighted by Gasteiger charge is -2.17. The van der Waals surface area contributed by atoms with Crippen molar-refractivity contribution < 1.29 is 19.1 Å². The van der Waals surface area contributed by atoms with Crippen LogP contribution in [0.2, 0.25) is 0 Å². The first-order valence-corrected chi connectivity index (χ1v) is 6.40. The molecule has 0 aromatic heterocycles. The van der Waals surface area contributed by atoms with Crippen molar-refractivity contribution in [3.05, 3.63) is 45.5 Å². The van der Waals surface area contributed by atoms with Gasteiger partial charge < -0.3 is 9.47 Å². The molecule has 20 heavy (non-hydrogen) atoms. The number of methoxy groups -OCH3 is 2. The Kier molecular flexibility index (Phi) is 2.93. The van der Waals surface area contributed by atoms with Crippen molar-refractivity contribution in [1.82, 2.24) is 0 Å². The van der Waals surface area contributed by atoms with Crippen LogP contribution < -0.4 is 0 Å². The number of esters is 2. The monoisotopic (exact) mass is 270 g/mol. The molecule has 1 aromatic carbocycles. The van der Waals surface area contributed by atoms with Crippen molar-refractivity contribution in [2.45, 2.75) is 12.8 Å². The first-order valence-electron chi connectivity index (χ1n) is 6.40. The molecule has 0 heterocycles. The van der Waals surface area contributed by atoms with Gasteiger partial charge in [-0.2, -0.15) is 0 Å². The molecule has 0 N–H and O–H groups in total. The SMILES string of the molecule is COC(=O)c1c2c(c(C(=O)OC)c3c1C=CC3)CC=C2. The summed E-state index contributed by atoms with van der Waals surface area (Å²) >= 11 is 0. The fourth-order valence-electron chi connectivity index (χ4n) is 2.95. The number of carbonyl (C=O) groups is 2. The van der Waals surface area contributed by atoms with E-state index in [4.69, 9.17) is 9.47 Å². The summed E-state index contributed by atoms with van der Waals surface area (Å²) in [5.74, 6) is -0.715. The summed E-state index contributed by atoms with van der Waals surface area (Å²) in [5.41, 5.74) is 4.43. The zero-order chi connectivity index (χ0) is 14.3. The second-order valence-corrected chi connectivity index (χ2v) is 4.73. The molecule has 0 saturated heterocycles. The highest BCUT2D eigenvalue weighted by Gasteiger charge is 2.31. The Hall–Kier alpha value is -2.36. The van der Waals surface area contributed by atoms with Crippen molar-refractivity contribution in [2.24, 2.45) is 0 Å². The van der Waals surface area contributed by atoms with E-state index in [0.717, 1.165) is 22.3 Å². The van der Waals surface area contributed by atoms with Gasteiger partial charge in [0.25, 0.3) is 0 Å². The summed E-state index contributed by atoms with van der Waals surface area (Å²) in [6.45, 7) is 0. The molecule has 0 aliphatic heterocycles. The third-order valence-corrected chi connectivity index (χ3v) is 3.78. The number of benzene rings is 1. The molecule has 0 saturated carbocycles. The molecule has 2 aliphatic carbocycles. The first-order chi connectivity index (χ1) is 9.69. The van der Waals surface area contributed by atoms with Crippen LogP contribution in [0.3, 0.4) is 0 Å². The summed E-state index contributed by atoms with van der Waals surface area (Å²) in [4.78, 5) is 24.2. The van der Waals surface area contributed by atoms with E-state index in [0.29, 0.717) is 24.0 Å². The molecule has 2 aliphatic rings. The molecule has 0 spiro atoms. The van der Waals surface area contributed by atoms with E-state index in [1.165, 1.54) is 14.2 Å². The maximum atomic E-state index is 12.1. The first kappa shape index (κ1) is 12.7. The second kappa shape index (κ2) is 4.63. The van der Waals surface area contributed by atoms with Crippen molar-refractivity contribution in [1.29, 1.82) is 0 Å². The van der Waals surface area contributed by atoms with Crippen LogP contribution in [-0.2, 0) is 22.3 Å².